The largest absolute Gasteiger partial charge is 0.440 e. The topological polar surface area (TPSA) is 92.3 Å². The van der Waals surface area contributed by atoms with Crippen molar-refractivity contribution in [2.75, 3.05) is 5.75 Å². The van der Waals surface area contributed by atoms with Crippen molar-refractivity contribution in [2.45, 2.75) is 11.6 Å². The van der Waals surface area contributed by atoms with E-state index in [1.54, 1.807) is 18.2 Å². The molecule has 0 unspecified atom stereocenters. The van der Waals surface area contributed by atoms with Crippen LogP contribution in [0.1, 0.15) is 21.7 Å². The molecule has 0 radical (unpaired) electrons. The normalized spacial score (nSPS) is 13.2. The molecular weight excluding hydrogens is 350 g/mol. The summed E-state index contributed by atoms with van der Waals surface area (Å²) in [5.41, 5.74) is 4.11. The quantitative estimate of drug-likeness (QED) is 0.678. The van der Waals surface area contributed by atoms with Crippen molar-refractivity contribution in [3.05, 3.63) is 71.5 Å². The van der Waals surface area contributed by atoms with Gasteiger partial charge in [-0.2, -0.15) is 0 Å². The predicted molar refractivity (Wildman–Crippen MR) is 98.3 cm³/mol. The zero-order valence-corrected chi connectivity index (χ0v) is 14.5. The molecular formula is C18H15N5O2S. The molecule has 0 saturated heterocycles. The Balaban J connectivity index is 1.39. The summed E-state index contributed by atoms with van der Waals surface area (Å²) in [5.74, 6) is 1.78. The second kappa shape index (κ2) is 7.40. The van der Waals surface area contributed by atoms with E-state index in [0.29, 0.717) is 34.5 Å². The van der Waals surface area contributed by atoms with Crippen molar-refractivity contribution < 1.29 is 9.53 Å². The Morgan fingerprint density at radius 1 is 1.04 bits per heavy atom. The Morgan fingerprint density at radius 3 is 2.73 bits per heavy atom. The van der Waals surface area contributed by atoms with Gasteiger partial charge in [-0.25, -0.2) is 10.4 Å². The SMILES string of the molecule is O=C1NN=C(CSc2n[nH]c(Cc3ccccc3)n2)Oc2ccccc21. The first kappa shape index (κ1) is 16.3. The minimum absolute atomic E-state index is 0.288. The van der Waals surface area contributed by atoms with Crippen molar-refractivity contribution >= 4 is 23.6 Å². The number of ether oxygens (including phenoxy) is 1. The summed E-state index contributed by atoms with van der Waals surface area (Å²) in [6.45, 7) is 0. The van der Waals surface area contributed by atoms with Crippen LogP contribution in [0.25, 0.3) is 0 Å². The van der Waals surface area contributed by atoms with Crippen LogP contribution in [0.3, 0.4) is 0 Å². The van der Waals surface area contributed by atoms with Gasteiger partial charge in [-0.1, -0.05) is 54.2 Å². The highest BCUT2D eigenvalue weighted by Gasteiger charge is 2.18. The summed E-state index contributed by atoms with van der Waals surface area (Å²) in [4.78, 5) is 16.4. The fourth-order valence-corrected chi connectivity index (χ4v) is 3.13. The monoisotopic (exact) mass is 365 g/mol. The van der Waals surface area contributed by atoms with Crippen LogP contribution in [0.5, 0.6) is 5.75 Å². The number of hydrogen-bond donors (Lipinski definition) is 2. The van der Waals surface area contributed by atoms with Crippen molar-refractivity contribution in [1.29, 1.82) is 0 Å². The molecule has 1 amide bonds. The molecule has 26 heavy (non-hydrogen) atoms. The van der Waals surface area contributed by atoms with Crippen molar-refractivity contribution in [3.63, 3.8) is 0 Å². The Hall–Kier alpha value is -3.13. The van der Waals surface area contributed by atoms with Crippen molar-refractivity contribution in [3.8, 4) is 5.75 Å². The number of nitrogens with one attached hydrogen (secondary N) is 2. The van der Waals surface area contributed by atoms with E-state index in [1.807, 2.05) is 36.4 Å². The molecule has 0 saturated carbocycles. The van der Waals surface area contributed by atoms with Crippen LogP contribution in [-0.4, -0.2) is 32.7 Å². The number of hydrazone groups is 1. The Labute approximate surface area is 153 Å². The second-order valence-corrected chi connectivity index (χ2v) is 6.50. The smallest absolute Gasteiger partial charge is 0.275 e. The molecule has 0 bridgehead atoms. The van der Waals surface area contributed by atoms with Crippen LogP contribution in [0, 0.1) is 0 Å². The molecule has 3 aromatic rings. The fraction of sp³-hybridized carbons (Fsp3) is 0.111. The molecule has 8 heteroatoms. The predicted octanol–water partition coefficient (Wildman–Crippen LogP) is 2.62. The van der Waals surface area contributed by atoms with Gasteiger partial charge in [0.05, 0.1) is 11.3 Å². The van der Waals surface area contributed by atoms with Gasteiger partial charge in [-0.15, -0.1) is 10.2 Å². The average molecular weight is 365 g/mol. The third-order valence-corrected chi connectivity index (χ3v) is 4.52. The minimum atomic E-state index is -0.288. The Morgan fingerprint density at radius 2 is 1.85 bits per heavy atom. The summed E-state index contributed by atoms with van der Waals surface area (Å²) >= 11 is 1.38. The molecule has 130 valence electrons. The van der Waals surface area contributed by atoms with Gasteiger partial charge < -0.3 is 4.74 Å². The van der Waals surface area contributed by atoms with Gasteiger partial charge in [-0.3, -0.25) is 9.89 Å². The number of aromatic nitrogens is 3. The van der Waals surface area contributed by atoms with Crippen LogP contribution in [0.15, 0.2) is 64.9 Å². The van der Waals surface area contributed by atoms with Gasteiger partial charge in [0.15, 0.2) is 0 Å². The molecule has 0 aliphatic carbocycles. The zero-order valence-electron chi connectivity index (χ0n) is 13.7. The minimum Gasteiger partial charge on any atom is -0.440 e. The first-order chi connectivity index (χ1) is 12.8. The van der Waals surface area contributed by atoms with E-state index in [2.05, 4.69) is 25.7 Å². The highest BCUT2D eigenvalue weighted by atomic mass is 32.2. The van der Waals surface area contributed by atoms with Crippen LogP contribution < -0.4 is 10.2 Å². The number of carbonyl (C=O) groups excluding carboxylic acids is 1. The number of para-hydroxylation sites is 1. The lowest BCUT2D eigenvalue weighted by atomic mass is 10.1. The van der Waals surface area contributed by atoms with Crippen molar-refractivity contribution in [2.24, 2.45) is 5.10 Å². The molecule has 1 aromatic heterocycles. The number of benzene rings is 2. The lowest BCUT2D eigenvalue weighted by molar-refractivity contribution is 0.0955. The molecule has 2 heterocycles. The molecule has 2 aromatic carbocycles. The standard InChI is InChI=1S/C18H15N5O2S/c24-17-13-8-4-5-9-14(13)25-16(21-22-17)11-26-18-19-15(20-23-18)10-12-6-2-1-3-7-12/h1-9H,10-11H2,(H,22,24)(H,19,20,23). The highest BCUT2D eigenvalue weighted by Crippen LogP contribution is 2.22. The lowest BCUT2D eigenvalue weighted by Crippen LogP contribution is -2.18. The number of rotatable bonds is 5. The summed E-state index contributed by atoms with van der Waals surface area (Å²) < 4.78 is 5.73. The number of aromatic amines is 1. The molecule has 0 fully saturated rings. The number of hydrogen-bond acceptors (Lipinski definition) is 6. The van der Waals surface area contributed by atoms with Gasteiger partial charge in [0.2, 0.25) is 11.1 Å². The summed E-state index contributed by atoms with van der Waals surface area (Å²) in [6.07, 6.45) is 0.690. The van der Waals surface area contributed by atoms with E-state index >= 15 is 0 Å². The molecule has 4 rings (SSSR count). The number of fused-ring (bicyclic) bond motifs is 1. The second-order valence-electron chi connectivity index (χ2n) is 5.56. The maximum Gasteiger partial charge on any atom is 0.275 e. The van der Waals surface area contributed by atoms with Gasteiger partial charge in [0.25, 0.3) is 5.91 Å². The van der Waals surface area contributed by atoms with Gasteiger partial charge in [-0.05, 0) is 17.7 Å². The summed E-state index contributed by atoms with van der Waals surface area (Å²) in [5, 5.41) is 11.8. The van der Waals surface area contributed by atoms with Gasteiger partial charge >= 0.3 is 0 Å². The zero-order chi connectivity index (χ0) is 17.8. The van der Waals surface area contributed by atoms with E-state index < -0.39 is 0 Å². The number of amides is 1. The van der Waals surface area contributed by atoms with Crippen LogP contribution >= 0.6 is 11.8 Å². The highest BCUT2D eigenvalue weighted by molar-refractivity contribution is 7.99. The Kier molecular flexibility index (Phi) is 4.65. The molecule has 0 atom stereocenters. The Bertz CT molecular complexity index is 955. The van der Waals surface area contributed by atoms with E-state index in [9.17, 15) is 4.79 Å². The van der Waals surface area contributed by atoms with E-state index in [0.717, 1.165) is 11.4 Å². The van der Waals surface area contributed by atoms with Gasteiger partial charge in [0, 0.05) is 6.42 Å². The lowest BCUT2D eigenvalue weighted by Gasteiger charge is -2.06. The molecule has 7 nitrogen and oxygen atoms in total. The van der Waals surface area contributed by atoms with Crippen molar-refractivity contribution in [1.82, 2.24) is 20.6 Å². The van der Waals surface area contributed by atoms with Gasteiger partial charge in [0.1, 0.15) is 11.6 Å². The van der Waals surface area contributed by atoms with Crippen LogP contribution in [0.2, 0.25) is 0 Å². The first-order valence-electron chi connectivity index (χ1n) is 8.00. The number of nitrogens with zero attached hydrogens (tertiary/aromatic N) is 3. The van der Waals surface area contributed by atoms with E-state index in [4.69, 9.17) is 4.74 Å². The molecule has 1 aliphatic rings. The number of carbonyl (C=O) groups is 1. The molecule has 0 spiro atoms. The summed E-state index contributed by atoms with van der Waals surface area (Å²) in [7, 11) is 0. The maximum atomic E-state index is 12.0. The van der Waals surface area contributed by atoms with E-state index in [1.165, 1.54) is 11.8 Å². The number of thioether (sulfide) groups is 1. The third kappa shape index (κ3) is 3.75. The van der Waals surface area contributed by atoms with E-state index in [-0.39, 0.29) is 5.91 Å². The molecule has 2 N–H and O–H groups in total. The first-order valence-corrected chi connectivity index (χ1v) is 8.98. The maximum absolute atomic E-state index is 12.0. The fourth-order valence-electron chi connectivity index (χ4n) is 2.46. The third-order valence-electron chi connectivity index (χ3n) is 3.69. The van der Waals surface area contributed by atoms with Crippen LogP contribution in [-0.2, 0) is 6.42 Å². The van der Waals surface area contributed by atoms with Crippen LogP contribution in [0.4, 0.5) is 0 Å². The average Bonchev–Trinajstić information content (AvgIpc) is 3.05. The number of H-pyrrole nitrogens is 1. The summed E-state index contributed by atoms with van der Waals surface area (Å²) in [6, 6.07) is 17.1. The molecule has 1 aliphatic heterocycles.